The Morgan fingerprint density at radius 2 is 2.20 bits per heavy atom. The zero-order valence-electron chi connectivity index (χ0n) is 14.3. The molecule has 0 spiro atoms. The van der Waals surface area contributed by atoms with Crippen LogP contribution in [0.15, 0.2) is 18.2 Å². The quantitative estimate of drug-likeness (QED) is 0.787. The van der Waals surface area contributed by atoms with Gasteiger partial charge >= 0.3 is 0 Å². The fraction of sp³-hybridized carbons (Fsp3) is 0.579. The van der Waals surface area contributed by atoms with Crippen molar-refractivity contribution in [2.24, 2.45) is 16.7 Å². The van der Waals surface area contributed by atoms with E-state index in [1.54, 1.807) is 23.1 Å². The van der Waals surface area contributed by atoms with Gasteiger partial charge in [-0.2, -0.15) is 5.26 Å². The lowest BCUT2D eigenvalue weighted by Gasteiger charge is -2.43. The highest BCUT2D eigenvalue weighted by Gasteiger charge is 2.78. The SMILES string of the molecule is C[C@@]12CC[C@@H]3C[C@@]1(C#N)N(C(=O)COc1ccc(Cl)cc1Cl)C[C@@]32C. The number of rotatable bonds is 3. The van der Waals surface area contributed by atoms with Crippen LogP contribution >= 0.6 is 23.2 Å². The highest BCUT2D eigenvalue weighted by Crippen LogP contribution is 2.75. The lowest BCUT2D eigenvalue weighted by atomic mass is 9.66. The third-order valence-corrected chi connectivity index (χ3v) is 7.82. The van der Waals surface area contributed by atoms with Crippen molar-refractivity contribution in [3.8, 4) is 11.8 Å². The molecular weight excluding hydrogens is 359 g/mol. The topological polar surface area (TPSA) is 53.3 Å². The lowest BCUT2D eigenvalue weighted by Crippen LogP contribution is -2.55. The molecule has 1 aliphatic heterocycles. The second kappa shape index (κ2) is 5.28. The summed E-state index contributed by atoms with van der Waals surface area (Å²) >= 11 is 12.0. The molecule has 1 heterocycles. The van der Waals surface area contributed by atoms with Gasteiger partial charge in [-0.05, 0) is 48.8 Å². The van der Waals surface area contributed by atoms with Gasteiger partial charge in [0, 0.05) is 17.0 Å². The molecule has 0 radical (unpaired) electrons. The van der Waals surface area contributed by atoms with Crippen LogP contribution in [0.5, 0.6) is 5.75 Å². The van der Waals surface area contributed by atoms with Crippen molar-refractivity contribution in [2.45, 2.75) is 38.6 Å². The molecule has 1 saturated heterocycles. The van der Waals surface area contributed by atoms with E-state index in [4.69, 9.17) is 27.9 Å². The van der Waals surface area contributed by atoms with Gasteiger partial charge in [-0.3, -0.25) is 4.79 Å². The fourth-order valence-electron chi connectivity index (χ4n) is 5.62. The Bertz CT molecular complexity index is 807. The Balaban J connectivity index is 1.55. The van der Waals surface area contributed by atoms with E-state index < -0.39 is 5.54 Å². The summed E-state index contributed by atoms with van der Waals surface area (Å²) < 4.78 is 5.62. The smallest absolute Gasteiger partial charge is 0.261 e. The summed E-state index contributed by atoms with van der Waals surface area (Å²) in [6.45, 7) is 4.95. The van der Waals surface area contributed by atoms with Crippen molar-refractivity contribution in [3.05, 3.63) is 28.2 Å². The van der Waals surface area contributed by atoms with Gasteiger partial charge in [0.05, 0.1) is 11.1 Å². The highest BCUT2D eigenvalue weighted by atomic mass is 35.5. The lowest BCUT2D eigenvalue weighted by molar-refractivity contribution is -0.139. The molecule has 1 aromatic rings. The van der Waals surface area contributed by atoms with E-state index in [-0.39, 0.29) is 23.3 Å². The van der Waals surface area contributed by atoms with Crippen LogP contribution in [0.4, 0.5) is 0 Å². The zero-order chi connectivity index (χ0) is 18.0. The van der Waals surface area contributed by atoms with E-state index in [1.807, 2.05) is 0 Å². The van der Waals surface area contributed by atoms with Crippen molar-refractivity contribution in [1.82, 2.24) is 4.90 Å². The predicted molar refractivity (Wildman–Crippen MR) is 95.6 cm³/mol. The van der Waals surface area contributed by atoms with Crippen LogP contribution in [-0.2, 0) is 4.79 Å². The summed E-state index contributed by atoms with van der Waals surface area (Å²) in [6, 6.07) is 7.42. The average molecular weight is 379 g/mol. The second-order valence-corrected chi connectivity index (χ2v) is 8.85. The van der Waals surface area contributed by atoms with Crippen molar-refractivity contribution < 1.29 is 9.53 Å². The van der Waals surface area contributed by atoms with Crippen molar-refractivity contribution in [2.75, 3.05) is 13.2 Å². The largest absolute Gasteiger partial charge is 0.482 e. The number of halogens is 2. The Morgan fingerprint density at radius 3 is 2.84 bits per heavy atom. The van der Waals surface area contributed by atoms with Gasteiger partial charge in [0.1, 0.15) is 11.3 Å². The number of nitrogens with zero attached hydrogens (tertiary/aromatic N) is 2. The molecule has 3 aliphatic rings. The van der Waals surface area contributed by atoms with Gasteiger partial charge in [0.2, 0.25) is 0 Å². The second-order valence-electron chi connectivity index (χ2n) is 8.00. The van der Waals surface area contributed by atoms with Gasteiger partial charge in [0.15, 0.2) is 6.61 Å². The average Bonchev–Trinajstić information content (AvgIpc) is 3.02. The van der Waals surface area contributed by atoms with Gasteiger partial charge in [-0.15, -0.1) is 0 Å². The number of piperidine rings is 1. The number of benzene rings is 1. The number of hydrogen-bond donors (Lipinski definition) is 0. The predicted octanol–water partition coefficient (Wildman–Crippen LogP) is 4.30. The maximum absolute atomic E-state index is 12.9. The zero-order valence-corrected chi connectivity index (χ0v) is 15.8. The fourth-order valence-corrected chi connectivity index (χ4v) is 6.08. The molecule has 132 valence electrons. The normalized spacial score (nSPS) is 38.0. The maximum atomic E-state index is 12.9. The molecule has 6 heteroatoms. The highest BCUT2D eigenvalue weighted by molar-refractivity contribution is 6.35. The van der Waals surface area contributed by atoms with Crippen LogP contribution in [0, 0.1) is 28.1 Å². The van der Waals surface area contributed by atoms with Crippen LogP contribution in [0.2, 0.25) is 10.0 Å². The molecule has 25 heavy (non-hydrogen) atoms. The molecule has 0 N–H and O–H groups in total. The molecule has 1 amide bonds. The third-order valence-electron chi connectivity index (χ3n) is 7.29. The maximum Gasteiger partial charge on any atom is 0.261 e. The first-order valence-corrected chi connectivity index (χ1v) is 9.33. The van der Waals surface area contributed by atoms with Crippen LogP contribution in [0.1, 0.15) is 33.1 Å². The first kappa shape index (κ1) is 17.0. The molecule has 3 fully saturated rings. The van der Waals surface area contributed by atoms with E-state index in [2.05, 4.69) is 19.9 Å². The Kier molecular flexibility index (Phi) is 3.59. The number of hydrogen-bond acceptors (Lipinski definition) is 3. The third kappa shape index (κ3) is 1.97. The number of carbonyl (C=O) groups excluding carboxylic acids is 1. The number of amides is 1. The Labute approximate surface area is 157 Å². The van der Waals surface area contributed by atoms with E-state index in [0.29, 0.717) is 28.3 Å². The summed E-state index contributed by atoms with van der Waals surface area (Å²) in [5, 5.41) is 10.9. The summed E-state index contributed by atoms with van der Waals surface area (Å²) in [5.41, 5.74) is -0.807. The van der Waals surface area contributed by atoms with Crippen LogP contribution in [-0.4, -0.2) is 29.5 Å². The monoisotopic (exact) mass is 378 g/mol. The summed E-state index contributed by atoms with van der Waals surface area (Å²) in [7, 11) is 0. The first-order valence-electron chi connectivity index (χ1n) is 8.57. The molecule has 0 aromatic heterocycles. The van der Waals surface area contributed by atoms with Gasteiger partial charge in [-0.25, -0.2) is 0 Å². The standard InChI is InChI=1S/C19H20Cl2N2O2/c1-17-11-23(19(10-22)8-12(17)5-6-18(17,19)2)16(24)9-25-15-4-3-13(20)7-14(15)21/h3-4,7,12H,5-6,8-9,11H2,1-2H3/t12-,17+,18+,19+/m1/s1. The van der Waals surface area contributed by atoms with Gasteiger partial charge in [-0.1, -0.05) is 37.0 Å². The minimum Gasteiger partial charge on any atom is -0.482 e. The molecule has 4 rings (SSSR count). The molecule has 2 aliphatic carbocycles. The van der Waals surface area contributed by atoms with Crippen molar-refractivity contribution in [1.29, 1.82) is 5.26 Å². The summed E-state index contributed by atoms with van der Waals surface area (Å²) in [4.78, 5) is 14.7. The van der Waals surface area contributed by atoms with E-state index in [9.17, 15) is 10.1 Å². The molecule has 1 aromatic carbocycles. The van der Waals surface area contributed by atoms with Crippen LogP contribution < -0.4 is 4.74 Å². The molecule has 4 nitrogen and oxygen atoms in total. The number of carbonyl (C=O) groups is 1. The first-order chi connectivity index (χ1) is 11.8. The minimum absolute atomic E-state index is 0.0241. The number of likely N-dealkylation sites (tertiary alicyclic amines) is 1. The Morgan fingerprint density at radius 1 is 1.44 bits per heavy atom. The molecule has 4 bridgehead atoms. The van der Waals surface area contributed by atoms with Crippen LogP contribution in [0.3, 0.4) is 0 Å². The molecule has 4 atom stereocenters. The van der Waals surface area contributed by atoms with E-state index in [0.717, 1.165) is 19.3 Å². The molecule has 2 saturated carbocycles. The van der Waals surface area contributed by atoms with Crippen molar-refractivity contribution in [3.63, 3.8) is 0 Å². The Hall–Kier alpha value is -1.44. The van der Waals surface area contributed by atoms with Crippen molar-refractivity contribution >= 4 is 29.1 Å². The van der Waals surface area contributed by atoms with Crippen LogP contribution in [0.25, 0.3) is 0 Å². The molecular formula is C19H20Cl2N2O2. The minimum atomic E-state index is -0.700. The summed E-state index contributed by atoms with van der Waals surface area (Å²) in [5.74, 6) is 0.810. The van der Waals surface area contributed by atoms with Gasteiger partial charge in [0.25, 0.3) is 5.91 Å². The van der Waals surface area contributed by atoms with E-state index >= 15 is 0 Å². The summed E-state index contributed by atoms with van der Waals surface area (Å²) in [6.07, 6.45) is 2.95. The number of nitriles is 1. The number of ether oxygens (including phenoxy) is 1. The molecule has 0 unspecified atom stereocenters. The van der Waals surface area contributed by atoms with E-state index in [1.165, 1.54) is 0 Å². The van der Waals surface area contributed by atoms with Gasteiger partial charge < -0.3 is 9.64 Å².